The first kappa shape index (κ1) is 26.2. The number of fused-ring (bicyclic) bond motifs is 1. The molecule has 2 aromatic rings. The molecular weight excluding hydrogens is 460 g/mol. The normalized spacial score (nSPS) is 28.0. The van der Waals surface area contributed by atoms with E-state index in [-0.39, 0.29) is 23.5 Å². The van der Waals surface area contributed by atoms with Gasteiger partial charge in [-0.1, -0.05) is 48.9 Å². The second-order valence-corrected chi connectivity index (χ2v) is 11.8. The van der Waals surface area contributed by atoms with Gasteiger partial charge in [-0.25, -0.2) is 0 Å². The number of piperidine rings is 1. The van der Waals surface area contributed by atoms with Crippen LogP contribution in [0.25, 0.3) is 0 Å². The zero-order valence-corrected chi connectivity index (χ0v) is 22.4. The van der Waals surface area contributed by atoms with Gasteiger partial charge in [0.2, 0.25) is 5.91 Å². The van der Waals surface area contributed by atoms with Crippen LogP contribution in [-0.2, 0) is 21.4 Å². The molecule has 4 unspecified atom stereocenters. The summed E-state index contributed by atoms with van der Waals surface area (Å²) in [7, 11) is 1.83. The molecular formula is C32H44N2O3. The second kappa shape index (κ2) is 12.0. The molecule has 2 aliphatic carbocycles. The topological polar surface area (TPSA) is 61.8 Å². The van der Waals surface area contributed by atoms with E-state index in [2.05, 4.69) is 46.6 Å². The molecule has 3 aliphatic rings. The first-order chi connectivity index (χ1) is 18.1. The van der Waals surface area contributed by atoms with Gasteiger partial charge in [0, 0.05) is 44.0 Å². The third-order valence-electron chi connectivity index (χ3n) is 9.13. The van der Waals surface area contributed by atoms with E-state index >= 15 is 0 Å². The Morgan fingerprint density at radius 2 is 1.95 bits per heavy atom. The Kier molecular flexibility index (Phi) is 8.51. The molecule has 37 heavy (non-hydrogen) atoms. The highest BCUT2D eigenvalue weighted by Gasteiger charge is 2.53. The lowest BCUT2D eigenvalue weighted by molar-refractivity contribution is -0.124. The fraction of sp³-hybridized carbons (Fsp3) is 0.594. The van der Waals surface area contributed by atoms with E-state index in [4.69, 9.17) is 4.74 Å². The van der Waals surface area contributed by atoms with Crippen molar-refractivity contribution in [2.24, 2.45) is 11.8 Å². The third kappa shape index (κ3) is 6.56. The summed E-state index contributed by atoms with van der Waals surface area (Å²) in [6, 6.07) is 18.5. The minimum atomic E-state index is -0.0919. The molecule has 5 nitrogen and oxygen atoms in total. The summed E-state index contributed by atoms with van der Waals surface area (Å²) in [5, 5.41) is 13.7. The quantitative estimate of drug-likeness (QED) is 0.399. The van der Waals surface area contributed by atoms with Crippen LogP contribution in [0.15, 0.2) is 54.6 Å². The molecule has 2 aromatic carbocycles. The highest BCUT2D eigenvalue weighted by atomic mass is 16.5. The van der Waals surface area contributed by atoms with Crippen LogP contribution >= 0.6 is 0 Å². The van der Waals surface area contributed by atoms with E-state index in [1.807, 2.05) is 19.2 Å². The Balaban J connectivity index is 1.21. The van der Waals surface area contributed by atoms with Gasteiger partial charge in [0.25, 0.3) is 0 Å². The van der Waals surface area contributed by atoms with Gasteiger partial charge in [-0.2, -0.15) is 0 Å². The Hall–Kier alpha value is -2.37. The average Bonchev–Trinajstić information content (AvgIpc) is 3.73. The number of benzene rings is 2. The van der Waals surface area contributed by atoms with E-state index in [0.29, 0.717) is 18.1 Å². The van der Waals surface area contributed by atoms with Crippen LogP contribution in [0.5, 0.6) is 5.75 Å². The summed E-state index contributed by atoms with van der Waals surface area (Å²) >= 11 is 0. The van der Waals surface area contributed by atoms with E-state index in [0.717, 1.165) is 64.0 Å². The molecule has 1 amide bonds. The zero-order chi connectivity index (χ0) is 25.7. The van der Waals surface area contributed by atoms with Gasteiger partial charge in [-0.3, -0.25) is 4.79 Å². The zero-order valence-electron chi connectivity index (χ0n) is 22.4. The lowest BCUT2D eigenvalue weighted by Crippen LogP contribution is -2.61. The van der Waals surface area contributed by atoms with Crippen molar-refractivity contribution >= 4 is 5.91 Å². The van der Waals surface area contributed by atoms with Crippen LogP contribution < -0.4 is 5.32 Å². The van der Waals surface area contributed by atoms with Crippen molar-refractivity contribution in [2.45, 2.75) is 81.8 Å². The summed E-state index contributed by atoms with van der Waals surface area (Å²) in [4.78, 5) is 15.6. The maximum absolute atomic E-state index is 13.0. The molecule has 200 valence electrons. The second-order valence-electron chi connectivity index (χ2n) is 11.8. The van der Waals surface area contributed by atoms with Crippen molar-refractivity contribution in [3.05, 3.63) is 65.7 Å². The molecule has 2 N–H and O–H groups in total. The Labute approximate surface area is 222 Å². The third-order valence-corrected chi connectivity index (χ3v) is 9.13. The van der Waals surface area contributed by atoms with Crippen molar-refractivity contribution in [2.75, 3.05) is 26.7 Å². The number of carbonyl (C=O) groups excluding carboxylic acids is 1. The molecule has 0 aromatic heterocycles. The van der Waals surface area contributed by atoms with Crippen LogP contribution in [0.4, 0.5) is 0 Å². The van der Waals surface area contributed by atoms with Gasteiger partial charge < -0.3 is 20.1 Å². The largest absolute Gasteiger partial charge is 0.508 e. The number of phenols is 1. The van der Waals surface area contributed by atoms with Crippen LogP contribution in [0, 0.1) is 11.8 Å². The number of phenolic OH excluding ortho intramolecular Hbond substituents is 1. The number of unbranched alkanes of at least 4 members (excludes halogenated alkanes) is 2. The molecule has 1 aliphatic heterocycles. The van der Waals surface area contributed by atoms with Gasteiger partial charge >= 0.3 is 0 Å². The molecule has 5 heteroatoms. The summed E-state index contributed by atoms with van der Waals surface area (Å²) in [6.45, 7) is 3.31. The van der Waals surface area contributed by atoms with Gasteiger partial charge in [-0.15, -0.1) is 0 Å². The molecule has 5 rings (SSSR count). The summed E-state index contributed by atoms with van der Waals surface area (Å²) in [6.07, 6.45) is 10.4. The standard InChI is InChI=1S/C32H44N2O3/c1-37-30-20-27(33-31(36)14-7-3-6-11-24-9-4-2-5-10-24)21-32(26-12-8-13-28(35)19-26)17-18-34(23-29(30)32)22-25-15-16-25/h2,4-5,8-10,12-13,19,25,27,29-30,35H,3,6-7,11,14-18,20-23H2,1H3,(H,33,36). The highest BCUT2D eigenvalue weighted by Crippen LogP contribution is 2.51. The Morgan fingerprint density at radius 3 is 2.70 bits per heavy atom. The van der Waals surface area contributed by atoms with Crippen molar-refractivity contribution in [3.63, 3.8) is 0 Å². The van der Waals surface area contributed by atoms with E-state index in [1.165, 1.54) is 30.5 Å². The molecule has 0 bridgehead atoms. The van der Waals surface area contributed by atoms with Gasteiger partial charge in [0.15, 0.2) is 0 Å². The Morgan fingerprint density at radius 1 is 1.11 bits per heavy atom. The maximum Gasteiger partial charge on any atom is 0.220 e. The fourth-order valence-electron chi connectivity index (χ4n) is 7.01. The number of methoxy groups -OCH3 is 1. The summed E-state index contributed by atoms with van der Waals surface area (Å²) in [5.41, 5.74) is 2.48. The minimum absolute atomic E-state index is 0.0919. The first-order valence-electron chi connectivity index (χ1n) is 14.4. The molecule has 1 saturated heterocycles. The monoisotopic (exact) mass is 504 g/mol. The van der Waals surface area contributed by atoms with Crippen LogP contribution in [0.1, 0.15) is 68.9 Å². The molecule has 0 radical (unpaired) electrons. The lowest BCUT2D eigenvalue weighted by atomic mass is 9.57. The number of amides is 1. The summed E-state index contributed by atoms with van der Waals surface area (Å²) < 4.78 is 6.13. The van der Waals surface area contributed by atoms with Crippen LogP contribution in [0.3, 0.4) is 0 Å². The number of carbonyl (C=O) groups is 1. The molecule has 4 atom stereocenters. The van der Waals surface area contributed by atoms with Crippen molar-refractivity contribution in [1.82, 2.24) is 10.2 Å². The average molecular weight is 505 g/mol. The number of aryl methyl sites for hydroxylation is 1. The number of hydrogen-bond donors (Lipinski definition) is 2. The predicted octanol–water partition coefficient (Wildman–Crippen LogP) is 5.46. The van der Waals surface area contributed by atoms with Crippen molar-refractivity contribution in [3.8, 4) is 5.75 Å². The number of likely N-dealkylation sites (tertiary alicyclic amines) is 1. The maximum atomic E-state index is 13.0. The van der Waals surface area contributed by atoms with Gasteiger partial charge in [0.05, 0.1) is 6.10 Å². The highest BCUT2D eigenvalue weighted by molar-refractivity contribution is 5.76. The molecule has 2 saturated carbocycles. The number of ether oxygens (including phenoxy) is 1. The number of hydrogen-bond acceptors (Lipinski definition) is 4. The van der Waals surface area contributed by atoms with E-state index < -0.39 is 0 Å². The minimum Gasteiger partial charge on any atom is -0.508 e. The number of rotatable bonds is 11. The smallest absolute Gasteiger partial charge is 0.220 e. The number of nitrogens with one attached hydrogen (secondary N) is 1. The Bertz CT molecular complexity index is 1020. The van der Waals surface area contributed by atoms with Crippen molar-refractivity contribution < 1.29 is 14.6 Å². The van der Waals surface area contributed by atoms with E-state index in [9.17, 15) is 9.90 Å². The van der Waals surface area contributed by atoms with Crippen molar-refractivity contribution in [1.29, 1.82) is 0 Å². The number of aromatic hydroxyl groups is 1. The lowest BCUT2D eigenvalue weighted by Gasteiger charge is -2.55. The predicted molar refractivity (Wildman–Crippen MR) is 148 cm³/mol. The van der Waals surface area contributed by atoms with Crippen LogP contribution in [-0.4, -0.2) is 54.8 Å². The first-order valence-corrected chi connectivity index (χ1v) is 14.4. The molecule has 3 fully saturated rings. The van der Waals surface area contributed by atoms with E-state index in [1.54, 1.807) is 6.07 Å². The van der Waals surface area contributed by atoms with Gasteiger partial charge in [0.1, 0.15) is 5.75 Å². The fourth-order valence-corrected chi connectivity index (χ4v) is 7.01. The molecule has 0 spiro atoms. The van der Waals surface area contributed by atoms with Gasteiger partial charge in [-0.05, 0) is 87.1 Å². The SMILES string of the molecule is COC1CC(NC(=O)CCCCCc2ccccc2)CC2(c3cccc(O)c3)CCN(CC3CC3)CC12. The number of nitrogens with zero attached hydrogens (tertiary/aromatic N) is 1. The molecule has 1 heterocycles. The summed E-state index contributed by atoms with van der Waals surface area (Å²) in [5.74, 6) is 1.72. The van der Waals surface area contributed by atoms with Crippen LogP contribution in [0.2, 0.25) is 0 Å².